The molecule has 0 aromatic carbocycles. The van der Waals surface area contributed by atoms with Crippen LogP contribution in [0.15, 0.2) is 11.6 Å². The second-order valence-corrected chi connectivity index (χ2v) is 18.1. The van der Waals surface area contributed by atoms with Gasteiger partial charge in [-0.3, -0.25) is 0 Å². The fraction of sp³-hybridized carbons (Fsp3) is 0.949. The summed E-state index contributed by atoms with van der Waals surface area (Å²) >= 11 is 0. The molecular weight excluding hydrogens is 692 g/mol. The van der Waals surface area contributed by atoms with Gasteiger partial charge in [0, 0.05) is 11.8 Å². The quantitative estimate of drug-likeness (QED) is 0.124. The lowest BCUT2D eigenvalue weighted by Crippen LogP contribution is -2.62. The molecule has 0 aromatic rings. The lowest BCUT2D eigenvalue weighted by molar-refractivity contribution is -0.324. The molecule has 6 rings (SSSR count). The van der Waals surface area contributed by atoms with E-state index in [4.69, 9.17) is 18.9 Å². The summed E-state index contributed by atoms with van der Waals surface area (Å²) in [6.07, 6.45) is -9.27. The minimum Gasteiger partial charge on any atom is -0.394 e. The molecule has 5 fully saturated rings. The van der Waals surface area contributed by atoms with Crippen molar-refractivity contribution in [1.82, 2.24) is 0 Å². The summed E-state index contributed by atoms with van der Waals surface area (Å²) in [6.45, 7) is 9.58. The van der Waals surface area contributed by atoms with E-state index in [-0.39, 0.29) is 41.4 Å². The van der Waals surface area contributed by atoms with Gasteiger partial charge in [-0.05, 0) is 85.9 Å². The molecular formula is C39H66O14. The van der Waals surface area contributed by atoms with Crippen LogP contribution < -0.4 is 0 Å². The van der Waals surface area contributed by atoms with Crippen molar-refractivity contribution in [3.05, 3.63) is 11.6 Å². The standard InChI is InChI=1S/C39H66O14/c1-17(2)6-9-24(43)18(3)29-25(50-36-34(48)32(46)30(44)26(15-40)51-36)14-23-21-8-7-19-12-20(42)13-28(39(19,5)22(21)10-11-38(23,29)4)53-37-35(49)33(47)31(45)27(16-41)52-37/h7,17-18,20-37,40-49H,6,8-16H2,1-5H3/t18?,20-,21?,22?,23?,24?,25?,26?,27?,28?,29?,30-,31-,32?,33?,34?,35?,36-,37+,38+,39+/m1/s1. The lowest BCUT2D eigenvalue weighted by Gasteiger charge is -2.60. The van der Waals surface area contributed by atoms with E-state index < -0.39 is 104 Å². The van der Waals surface area contributed by atoms with Crippen LogP contribution in [-0.4, -0.2) is 150 Å². The molecule has 14 heteroatoms. The molecule has 306 valence electrons. The Morgan fingerprint density at radius 1 is 0.774 bits per heavy atom. The molecule has 0 aromatic heterocycles. The van der Waals surface area contributed by atoms with Crippen LogP contribution in [0.1, 0.15) is 86.0 Å². The molecule has 14 unspecified atom stereocenters. The number of aliphatic hydroxyl groups is 10. The van der Waals surface area contributed by atoms with Gasteiger partial charge in [0.2, 0.25) is 0 Å². The topological polar surface area (TPSA) is 239 Å². The number of allylic oxidation sites excluding steroid dienone is 1. The van der Waals surface area contributed by atoms with Crippen LogP contribution in [0.4, 0.5) is 0 Å². The molecule has 2 heterocycles. The van der Waals surface area contributed by atoms with Crippen LogP contribution in [0.2, 0.25) is 0 Å². The van der Waals surface area contributed by atoms with Gasteiger partial charge in [-0.2, -0.15) is 0 Å². The fourth-order valence-corrected chi connectivity index (χ4v) is 11.7. The van der Waals surface area contributed by atoms with E-state index in [1.807, 2.05) is 0 Å². The third-order valence-corrected chi connectivity index (χ3v) is 14.7. The average molecular weight is 759 g/mol. The first-order valence-electron chi connectivity index (χ1n) is 19.9. The Hall–Kier alpha value is -0.820. The van der Waals surface area contributed by atoms with Crippen LogP contribution in [0.5, 0.6) is 0 Å². The van der Waals surface area contributed by atoms with Crippen molar-refractivity contribution in [2.45, 2.75) is 172 Å². The molecule has 0 amide bonds. The van der Waals surface area contributed by atoms with Crippen molar-refractivity contribution in [1.29, 1.82) is 0 Å². The molecule has 6 aliphatic rings. The Morgan fingerprint density at radius 2 is 1.36 bits per heavy atom. The van der Waals surface area contributed by atoms with Crippen LogP contribution >= 0.6 is 0 Å². The number of aliphatic hydroxyl groups excluding tert-OH is 10. The molecule has 0 spiro atoms. The predicted molar refractivity (Wildman–Crippen MR) is 188 cm³/mol. The molecule has 10 N–H and O–H groups in total. The highest BCUT2D eigenvalue weighted by Gasteiger charge is 2.65. The average Bonchev–Trinajstić information content (AvgIpc) is 3.42. The molecule has 2 aliphatic heterocycles. The second-order valence-electron chi connectivity index (χ2n) is 18.1. The zero-order valence-corrected chi connectivity index (χ0v) is 31.8. The van der Waals surface area contributed by atoms with Gasteiger partial charge in [-0.15, -0.1) is 0 Å². The molecule has 3 saturated carbocycles. The van der Waals surface area contributed by atoms with Crippen LogP contribution in [-0.2, 0) is 18.9 Å². The Labute approximate surface area is 312 Å². The summed E-state index contributed by atoms with van der Waals surface area (Å²) in [5.74, 6) is 0.371. The van der Waals surface area contributed by atoms with Gasteiger partial charge in [-0.25, -0.2) is 0 Å². The monoisotopic (exact) mass is 758 g/mol. The van der Waals surface area contributed by atoms with E-state index in [0.29, 0.717) is 25.2 Å². The zero-order chi connectivity index (χ0) is 38.7. The highest BCUT2D eigenvalue weighted by Crippen LogP contribution is 2.68. The summed E-state index contributed by atoms with van der Waals surface area (Å²) in [7, 11) is 0. The summed E-state index contributed by atoms with van der Waals surface area (Å²) in [6, 6.07) is 0. The predicted octanol–water partition coefficient (Wildman–Crippen LogP) is -0.0505. The number of rotatable bonds is 11. The Kier molecular flexibility index (Phi) is 12.8. The maximum Gasteiger partial charge on any atom is 0.187 e. The minimum absolute atomic E-state index is 0.0794. The van der Waals surface area contributed by atoms with E-state index in [2.05, 4.69) is 40.7 Å². The third kappa shape index (κ3) is 7.42. The maximum absolute atomic E-state index is 11.6. The second kappa shape index (κ2) is 16.2. The number of hydrogen-bond donors (Lipinski definition) is 10. The van der Waals surface area contributed by atoms with Crippen molar-refractivity contribution in [3.63, 3.8) is 0 Å². The van der Waals surface area contributed by atoms with E-state index in [1.54, 1.807) is 0 Å². The lowest BCUT2D eigenvalue weighted by atomic mass is 9.46. The first-order valence-corrected chi connectivity index (χ1v) is 19.9. The summed E-state index contributed by atoms with van der Waals surface area (Å²) in [5, 5.41) is 106. The molecule has 53 heavy (non-hydrogen) atoms. The fourth-order valence-electron chi connectivity index (χ4n) is 11.7. The summed E-state index contributed by atoms with van der Waals surface area (Å²) in [4.78, 5) is 0. The number of hydrogen-bond acceptors (Lipinski definition) is 14. The minimum atomic E-state index is -1.59. The van der Waals surface area contributed by atoms with Gasteiger partial charge in [-0.1, -0.05) is 46.3 Å². The highest BCUT2D eigenvalue weighted by atomic mass is 16.7. The van der Waals surface area contributed by atoms with E-state index in [0.717, 1.165) is 31.3 Å². The van der Waals surface area contributed by atoms with Crippen molar-refractivity contribution in [2.24, 2.45) is 46.3 Å². The van der Waals surface area contributed by atoms with E-state index in [1.165, 1.54) is 0 Å². The van der Waals surface area contributed by atoms with Gasteiger partial charge in [0.25, 0.3) is 0 Å². The number of fused-ring (bicyclic) bond motifs is 5. The summed E-state index contributed by atoms with van der Waals surface area (Å²) < 4.78 is 24.8. The first kappa shape index (κ1) is 41.8. The largest absolute Gasteiger partial charge is 0.394 e. The van der Waals surface area contributed by atoms with Gasteiger partial charge in [0.15, 0.2) is 12.6 Å². The molecule has 21 atom stereocenters. The molecule has 0 radical (unpaired) electrons. The van der Waals surface area contributed by atoms with Crippen molar-refractivity contribution in [3.8, 4) is 0 Å². The first-order chi connectivity index (χ1) is 25.0. The smallest absolute Gasteiger partial charge is 0.187 e. The molecule has 14 nitrogen and oxygen atoms in total. The molecule has 0 bridgehead atoms. The van der Waals surface area contributed by atoms with Gasteiger partial charge in [0.1, 0.15) is 48.8 Å². The van der Waals surface area contributed by atoms with Crippen molar-refractivity contribution in [2.75, 3.05) is 13.2 Å². The van der Waals surface area contributed by atoms with Crippen molar-refractivity contribution >= 4 is 0 Å². The van der Waals surface area contributed by atoms with Crippen molar-refractivity contribution < 1.29 is 70.0 Å². The van der Waals surface area contributed by atoms with Crippen LogP contribution in [0.25, 0.3) is 0 Å². The van der Waals surface area contributed by atoms with Gasteiger partial charge >= 0.3 is 0 Å². The normalized spacial score (nSPS) is 51.2. The van der Waals surface area contributed by atoms with Crippen LogP contribution in [0.3, 0.4) is 0 Å². The summed E-state index contributed by atoms with van der Waals surface area (Å²) in [5.41, 5.74) is 0.176. The Bertz CT molecular complexity index is 1260. The highest BCUT2D eigenvalue weighted by molar-refractivity contribution is 5.28. The number of ether oxygens (including phenoxy) is 4. The van der Waals surface area contributed by atoms with E-state index in [9.17, 15) is 51.1 Å². The molecule has 2 saturated heterocycles. The Morgan fingerprint density at radius 3 is 1.92 bits per heavy atom. The maximum atomic E-state index is 11.6. The molecule has 4 aliphatic carbocycles. The van der Waals surface area contributed by atoms with Gasteiger partial charge < -0.3 is 70.0 Å². The Balaban J connectivity index is 1.31. The van der Waals surface area contributed by atoms with Crippen LogP contribution in [0, 0.1) is 46.3 Å². The van der Waals surface area contributed by atoms with Gasteiger partial charge in [0.05, 0.1) is 37.6 Å². The third-order valence-electron chi connectivity index (χ3n) is 14.7. The zero-order valence-electron chi connectivity index (χ0n) is 31.8. The SMILES string of the molecule is CC(C)CCC(O)C(C)C1C(O[C@@H]2OC(CO)[C@@H](O)C(O)C2O)CC2C3CC=C4C[C@@H](O)CC(O[C@@H]5OC(CO)[C@@H](O)C(O)C5O)[C@]4(C)C3CC[C@@]21C. The van der Waals surface area contributed by atoms with E-state index >= 15 is 0 Å².